The van der Waals surface area contributed by atoms with Crippen LogP contribution in [0.5, 0.6) is 5.75 Å². The Morgan fingerprint density at radius 3 is 2.37 bits per heavy atom. The number of nitrogens with zero attached hydrogens (tertiary/aromatic N) is 4. The van der Waals surface area contributed by atoms with Gasteiger partial charge in [0, 0.05) is 45.5 Å². The van der Waals surface area contributed by atoms with E-state index in [4.69, 9.17) is 4.74 Å². The normalized spacial score (nSPS) is 19.7. The lowest BCUT2D eigenvalue weighted by molar-refractivity contribution is 0.222. The molecule has 2 saturated heterocycles. The predicted octanol–water partition coefficient (Wildman–Crippen LogP) is 2.41. The molecule has 2 aromatic rings. The molecule has 0 bridgehead atoms. The molecule has 0 saturated carbocycles. The molecular weight excluding hydrogens is 400 g/mol. The van der Waals surface area contributed by atoms with Crippen LogP contribution in [0, 0.1) is 0 Å². The van der Waals surface area contributed by atoms with Crippen LogP contribution >= 0.6 is 0 Å². The zero-order valence-corrected chi connectivity index (χ0v) is 18.5. The lowest BCUT2D eigenvalue weighted by Gasteiger charge is -2.33. The topological polar surface area (TPSA) is 66.0 Å². The van der Waals surface area contributed by atoms with Gasteiger partial charge in [0.1, 0.15) is 16.5 Å². The van der Waals surface area contributed by atoms with E-state index in [-0.39, 0.29) is 4.90 Å². The van der Waals surface area contributed by atoms with Crippen molar-refractivity contribution in [2.75, 3.05) is 58.3 Å². The molecule has 2 aliphatic heterocycles. The molecule has 2 fully saturated rings. The summed E-state index contributed by atoms with van der Waals surface area (Å²) in [5.41, 5.74) is 1.32. The van der Waals surface area contributed by atoms with Gasteiger partial charge >= 0.3 is 0 Å². The molecule has 3 heterocycles. The molecule has 1 aromatic heterocycles. The van der Waals surface area contributed by atoms with E-state index in [1.54, 1.807) is 17.5 Å². The van der Waals surface area contributed by atoms with Gasteiger partial charge in [-0.3, -0.25) is 0 Å². The van der Waals surface area contributed by atoms with Gasteiger partial charge in [0.2, 0.25) is 10.0 Å². The molecule has 0 unspecified atom stereocenters. The van der Waals surface area contributed by atoms with Crippen LogP contribution in [0.25, 0.3) is 0 Å². The molecule has 1 aromatic carbocycles. The lowest BCUT2D eigenvalue weighted by Crippen LogP contribution is -2.47. The average molecular weight is 431 g/mol. The Bertz CT molecular complexity index is 949. The number of rotatable bonds is 5. The van der Waals surface area contributed by atoms with E-state index in [2.05, 4.69) is 26.9 Å². The van der Waals surface area contributed by atoms with Gasteiger partial charge in [-0.15, -0.1) is 0 Å². The van der Waals surface area contributed by atoms with Crippen LogP contribution in [0.15, 0.2) is 47.5 Å². The van der Waals surface area contributed by atoms with Crippen molar-refractivity contribution >= 4 is 15.8 Å². The number of likely N-dealkylation sites (N-methyl/N-ethyl adjacent to an activating group) is 1. The first-order valence-corrected chi connectivity index (χ1v) is 11.9. The van der Waals surface area contributed by atoms with Crippen molar-refractivity contribution < 1.29 is 13.2 Å². The van der Waals surface area contributed by atoms with Crippen LogP contribution < -0.4 is 9.64 Å². The summed E-state index contributed by atoms with van der Waals surface area (Å²) in [6, 6.07) is 11.8. The number of benzene rings is 1. The number of piperazine rings is 1. The Balaban J connectivity index is 1.39. The second kappa shape index (κ2) is 8.91. The maximum Gasteiger partial charge on any atom is 0.244 e. The molecule has 30 heavy (non-hydrogen) atoms. The Hall–Kier alpha value is -2.16. The summed E-state index contributed by atoms with van der Waals surface area (Å²) in [6.07, 6.45) is 3.59. The highest BCUT2D eigenvalue weighted by molar-refractivity contribution is 7.89. The zero-order chi connectivity index (χ0) is 21.1. The van der Waals surface area contributed by atoms with Crippen molar-refractivity contribution in [2.24, 2.45) is 0 Å². The minimum atomic E-state index is -3.47. The monoisotopic (exact) mass is 430 g/mol. The molecular formula is C22H30N4O3S. The van der Waals surface area contributed by atoms with Crippen molar-refractivity contribution in [3.05, 3.63) is 48.2 Å². The summed E-state index contributed by atoms with van der Waals surface area (Å²) >= 11 is 0. The SMILES string of the molecule is COc1cccc(C2CCN(c3ccc(S(=O)(=O)N4CCN(C)CC4)cn3)CC2)c1. The van der Waals surface area contributed by atoms with Crippen LogP contribution in [-0.2, 0) is 10.0 Å². The molecule has 0 N–H and O–H groups in total. The van der Waals surface area contributed by atoms with Gasteiger partial charge in [0.15, 0.2) is 0 Å². The minimum Gasteiger partial charge on any atom is -0.497 e. The number of pyridine rings is 1. The Kier molecular flexibility index (Phi) is 6.26. The first-order chi connectivity index (χ1) is 14.5. The largest absolute Gasteiger partial charge is 0.497 e. The third kappa shape index (κ3) is 4.45. The molecule has 4 rings (SSSR count). The number of hydrogen-bond acceptors (Lipinski definition) is 6. The molecule has 7 nitrogen and oxygen atoms in total. The molecule has 0 amide bonds. The number of methoxy groups -OCH3 is 1. The first-order valence-electron chi connectivity index (χ1n) is 10.5. The van der Waals surface area contributed by atoms with Crippen molar-refractivity contribution in [3.63, 3.8) is 0 Å². The van der Waals surface area contributed by atoms with Crippen LogP contribution in [-0.4, -0.2) is 76.0 Å². The molecule has 162 valence electrons. The number of hydrogen-bond donors (Lipinski definition) is 0. The molecule has 0 aliphatic carbocycles. The molecule has 0 atom stereocenters. The molecule has 0 spiro atoms. The predicted molar refractivity (Wildman–Crippen MR) is 118 cm³/mol. The number of aromatic nitrogens is 1. The number of piperidine rings is 1. The number of sulfonamides is 1. The minimum absolute atomic E-state index is 0.280. The molecule has 8 heteroatoms. The van der Waals surface area contributed by atoms with Crippen molar-refractivity contribution in [3.8, 4) is 5.75 Å². The van der Waals surface area contributed by atoms with Crippen LogP contribution in [0.2, 0.25) is 0 Å². The quantitative estimate of drug-likeness (QED) is 0.726. The highest BCUT2D eigenvalue weighted by Crippen LogP contribution is 2.31. The highest BCUT2D eigenvalue weighted by atomic mass is 32.2. The summed E-state index contributed by atoms with van der Waals surface area (Å²) in [5.74, 6) is 2.25. The fourth-order valence-electron chi connectivity index (χ4n) is 4.23. The van der Waals surface area contributed by atoms with E-state index in [0.717, 1.165) is 50.6 Å². The van der Waals surface area contributed by atoms with Crippen molar-refractivity contribution in [1.82, 2.24) is 14.2 Å². The van der Waals surface area contributed by atoms with Crippen LogP contribution in [0.3, 0.4) is 0 Å². The summed E-state index contributed by atoms with van der Waals surface area (Å²) < 4.78 is 32.7. The van der Waals surface area contributed by atoms with Gasteiger partial charge in [0.25, 0.3) is 0 Å². The van der Waals surface area contributed by atoms with E-state index in [0.29, 0.717) is 19.0 Å². The maximum atomic E-state index is 12.9. The Morgan fingerprint density at radius 1 is 1.00 bits per heavy atom. The van der Waals surface area contributed by atoms with Crippen LogP contribution in [0.1, 0.15) is 24.3 Å². The maximum absolute atomic E-state index is 12.9. The zero-order valence-electron chi connectivity index (χ0n) is 17.7. The number of anilines is 1. The fraction of sp³-hybridized carbons (Fsp3) is 0.500. The summed E-state index contributed by atoms with van der Waals surface area (Å²) in [4.78, 5) is 9.15. The Morgan fingerprint density at radius 2 is 1.73 bits per heavy atom. The summed E-state index contributed by atoms with van der Waals surface area (Å²) in [7, 11) is 0.236. The first kappa shape index (κ1) is 21.1. The van der Waals surface area contributed by atoms with Gasteiger partial charge < -0.3 is 14.5 Å². The smallest absolute Gasteiger partial charge is 0.244 e. The lowest BCUT2D eigenvalue weighted by atomic mass is 9.89. The summed E-state index contributed by atoms with van der Waals surface area (Å²) in [6.45, 7) is 4.37. The van der Waals surface area contributed by atoms with Gasteiger partial charge in [-0.05, 0) is 55.6 Å². The number of ether oxygens (including phenoxy) is 1. The Labute approximate surface area is 179 Å². The van der Waals surface area contributed by atoms with Gasteiger partial charge in [-0.1, -0.05) is 12.1 Å². The second-order valence-corrected chi connectivity index (χ2v) is 10.0. The standard InChI is InChI=1S/C22H30N4O3S/c1-24-12-14-26(15-13-24)30(27,28)21-6-7-22(23-17-21)25-10-8-18(9-11-25)19-4-3-5-20(16-19)29-2/h3-7,16-18H,8-15H2,1-2H3. The van der Waals surface area contributed by atoms with E-state index in [1.165, 1.54) is 11.8 Å². The third-order valence-electron chi connectivity index (χ3n) is 6.20. The van der Waals surface area contributed by atoms with Crippen molar-refractivity contribution in [2.45, 2.75) is 23.7 Å². The fourth-order valence-corrected chi connectivity index (χ4v) is 5.60. The third-order valence-corrected chi connectivity index (χ3v) is 8.09. The van der Waals surface area contributed by atoms with E-state index in [1.807, 2.05) is 25.2 Å². The van der Waals surface area contributed by atoms with Gasteiger partial charge in [-0.25, -0.2) is 13.4 Å². The second-order valence-electron chi connectivity index (χ2n) is 8.10. The molecule has 2 aliphatic rings. The van der Waals surface area contributed by atoms with E-state index in [9.17, 15) is 8.42 Å². The highest BCUT2D eigenvalue weighted by Gasteiger charge is 2.28. The van der Waals surface area contributed by atoms with Gasteiger partial charge in [-0.2, -0.15) is 4.31 Å². The molecule has 0 radical (unpaired) electrons. The van der Waals surface area contributed by atoms with Gasteiger partial charge in [0.05, 0.1) is 7.11 Å². The van der Waals surface area contributed by atoms with Crippen LogP contribution in [0.4, 0.5) is 5.82 Å². The van der Waals surface area contributed by atoms with E-state index < -0.39 is 10.0 Å². The summed E-state index contributed by atoms with van der Waals surface area (Å²) in [5, 5.41) is 0. The van der Waals surface area contributed by atoms with Crippen molar-refractivity contribution in [1.29, 1.82) is 0 Å². The van der Waals surface area contributed by atoms with E-state index >= 15 is 0 Å². The average Bonchev–Trinajstić information content (AvgIpc) is 2.79.